The maximum absolute atomic E-state index is 11.3. The van der Waals surface area contributed by atoms with Gasteiger partial charge in [0.2, 0.25) is 0 Å². The first-order valence-corrected chi connectivity index (χ1v) is 6.93. The number of fused-ring (bicyclic) bond motifs is 1. The van der Waals surface area contributed by atoms with E-state index in [4.69, 9.17) is 5.11 Å². The average molecular weight is 272 g/mol. The fraction of sp³-hybridized carbons (Fsp3) is 0.375. The summed E-state index contributed by atoms with van der Waals surface area (Å²) in [5.74, 6) is 0.725. The first-order valence-electron chi connectivity index (χ1n) is 6.93. The van der Waals surface area contributed by atoms with E-state index in [0.29, 0.717) is 5.56 Å². The monoisotopic (exact) mass is 272 g/mol. The van der Waals surface area contributed by atoms with Crippen LogP contribution in [0.5, 0.6) is 0 Å². The van der Waals surface area contributed by atoms with Gasteiger partial charge in [-0.15, -0.1) is 0 Å². The third-order valence-electron chi connectivity index (χ3n) is 3.37. The molecular formula is C16H20N2O2. The molecule has 0 fully saturated rings. The zero-order chi connectivity index (χ0) is 14.4. The van der Waals surface area contributed by atoms with E-state index in [0.717, 1.165) is 48.8 Å². The lowest BCUT2D eigenvalue weighted by molar-refractivity contribution is 0.112. The number of hydrogen-bond acceptors (Lipinski definition) is 4. The molecule has 1 heterocycles. The number of aromatic nitrogens is 1. The van der Waals surface area contributed by atoms with E-state index >= 15 is 0 Å². The molecule has 1 aromatic carbocycles. The Labute approximate surface area is 119 Å². The molecule has 0 saturated heterocycles. The Bertz CT molecular complexity index is 584. The van der Waals surface area contributed by atoms with Crippen molar-refractivity contribution in [1.82, 2.24) is 4.98 Å². The molecule has 0 aliphatic carbocycles. The summed E-state index contributed by atoms with van der Waals surface area (Å²) < 4.78 is 0. The van der Waals surface area contributed by atoms with Crippen molar-refractivity contribution in [1.29, 1.82) is 0 Å². The third kappa shape index (κ3) is 3.33. The summed E-state index contributed by atoms with van der Waals surface area (Å²) in [6, 6.07) is 9.68. The lowest BCUT2D eigenvalue weighted by Gasteiger charge is -2.20. The van der Waals surface area contributed by atoms with Gasteiger partial charge in [-0.05, 0) is 31.4 Å². The van der Waals surface area contributed by atoms with Gasteiger partial charge in [0.1, 0.15) is 5.82 Å². The van der Waals surface area contributed by atoms with Crippen LogP contribution in [0.25, 0.3) is 10.9 Å². The number of aliphatic hydroxyl groups is 1. The number of para-hydroxylation sites is 1. The van der Waals surface area contributed by atoms with Crippen LogP contribution < -0.4 is 4.90 Å². The highest BCUT2D eigenvalue weighted by Gasteiger charge is 2.10. The molecule has 0 radical (unpaired) electrons. The van der Waals surface area contributed by atoms with Crippen molar-refractivity contribution in [2.75, 3.05) is 25.1 Å². The molecule has 20 heavy (non-hydrogen) atoms. The molecule has 0 spiro atoms. The summed E-state index contributed by atoms with van der Waals surface area (Å²) >= 11 is 0. The molecule has 0 amide bonds. The summed E-state index contributed by atoms with van der Waals surface area (Å²) in [5, 5.41) is 9.76. The van der Waals surface area contributed by atoms with Crippen LogP contribution in [-0.4, -0.2) is 36.6 Å². The fourth-order valence-corrected chi connectivity index (χ4v) is 2.26. The molecule has 1 N–H and O–H groups in total. The van der Waals surface area contributed by atoms with Crippen molar-refractivity contribution in [3.05, 3.63) is 35.9 Å². The summed E-state index contributed by atoms with van der Waals surface area (Å²) in [7, 11) is 1.95. The predicted molar refractivity (Wildman–Crippen MR) is 81.3 cm³/mol. The number of carbonyl (C=O) groups is 1. The number of carbonyl (C=O) groups excluding carboxylic acids is 1. The third-order valence-corrected chi connectivity index (χ3v) is 3.37. The molecule has 0 atom stereocenters. The summed E-state index contributed by atoms with van der Waals surface area (Å²) in [5.41, 5.74) is 1.52. The Balaban J connectivity index is 2.20. The zero-order valence-corrected chi connectivity index (χ0v) is 11.7. The van der Waals surface area contributed by atoms with E-state index in [2.05, 4.69) is 4.98 Å². The van der Waals surface area contributed by atoms with Crippen LogP contribution in [-0.2, 0) is 0 Å². The number of rotatable bonds is 7. The molecule has 2 aromatic rings. The first kappa shape index (κ1) is 14.5. The van der Waals surface area contributed by atoms with Crippen molar-refractivity contribution in [3.8, 4) is 0 Å². The van der Waals surface area contributed by atoms with Gasteiger partial charge >= 0.3 is 0 Å². The van der Waals surface area contributed by atoms with E-state index in [1.807, 2.05) is 42.3 Å². The average Bonchev–Trinajstić information content (AvgIpc) is 2.50. The fourth-order valence-electron chi connectivity index (χ4n) is 2.26. The van der Waals surface area contributed by atoms with E-state index in [1.54, 1.807) is 0 Å². The van der Waals surface area contributed by atoms with Gasteiger partial charge < -0.3 is 10.0 Å². The molecule has 0 aliphatic rings. The molecule has 2 rings (SSSR count). The molecule has 1 aromatic heterocycles. The largest absolute Gasteiger partial charge is 0.396 e. The number of nitrogens with zero attached hydrogens (tertiary/aromatic N) is 2. The van der Waals surface area contributed by atoms with Crippen molar-refractivity contribution in [2.24, 2.45) is 0 Å². The van der Waals surface area contributed by atoms with Crippen LogP contribution in [0.15, 0.2) is 30.3 Å². The lowest BCUT2D eigenvalue weighted by atomic mass is 10.1. The number of benzene rings is 1. The molecule has 0 saturated carbocycles. The van der Waals surface area contributed by atoms with Crippen LogP contribution in [0.4, 0.5) is 5.82 Å². The highest BCUT2D eigenvalue weighted by molar-refractivity contribution is 5.91. The van der Waals surface area contributed by atoms with Gasteiger partial charge in [0.15, 0.2) is 6.29 Å². The maximum atomic E-state index is 11.3. The van der Waals surface area contributed by atoms with Crippen LogP contribution in [0.1, 0.15) is 29.6 Å². The standard InChI is InChI=1S/C16H20N2O2/c1-18(9-5-2-6-10-19)16-14(12-20)11-13-7-3-4-8-15(13)17-16/h3-4,7-8,11-12,19H,2,5-6,9-10H2,1H3. The van der Waals surface area contributed by atoms with Gasteiger partial charge in [-0.3, -0.25) is 4.79 Å². The smallest absolute Gasteiger partial charge is 0.153 e. The summed E-state index contributed by atoms with van der Waals surface area (Å²) in [6.07, 6.45) is 3.63. The van der Waals surface area contributed by atoms with Gasteiger partial charge in [0.05, 0.1) is 11.1 Å². The first-order chi connectivity index (χ1) is 9.76. The quantitative estimate of drug-likeness (QED) is 0.622. The summed E-state index contributed by atoms with van der Waals surface area (Å²) in [4.78, 5) is 17.8. The van der Waals surface area contributed by atoms with Crippen LogP contribution in [0, 0.1) is 0 Å². The Morgan fingerprint density at radius 1 is 1.25 bits per heavy atom. The minimum Gasteiger partial charge on any atom is -0.396 e. The summed E-state index contributed by atoms with van der Waals surface area (Å²) in [6.45, 7) is 1.06. The Hall–Kier alpha value is -1.94. The Morgan fingerprint density at radius 2 is 2.05 bits per heavy atom. The Kier molecular flexibility index (Phi) is 5.07. The van der Waals surface area contributed by atoms with Crippen LogP contribution in [0.3, 0.4) is 0 Å². The number of hydrogen-bond donors (Lipinski definition) is 1. The predicted octanol–water partition coefficient (Wildman–Crippen LogP) is 2.65. The molecular weight excluding hydrogens is 252 g/mol. The highest BCUT2D eigenvalue weighted by Crippen LogP contribution is 2.21. The number of unbranched alkanes of at least 4 members (excludes halogenated alkanes) is 2. The van der Waals surface area contributed by atoms with E-state index in [-0.39, 0.29) is 6.61 Å². The van der Waals surface area contributed by atoms with Crippen molar-refractivity contribution in [2.45, 2.75) is 19.3 Å². The molecule has 0 aliphatic heterocycles. The molecule has 106 valence electrons. The number of anilines is 1. The molecule has 4 nitrogen and oxygen atoms in total. The Morgan fingerprint density at radius 3 is 2.80 bits per heavy atom. The van der Waals surface area contributed by atoms with E-state index < -0.39 is 0 Å². The molecule has 4 heteroatoms. The van der Waals surface area contributed by atoms with Gasteiger partial charge in [-0.25, -0.2) is 4.98 Å². The number of pyridine rings is 1. The number of aliphatic hydroxyl groups excluding tert-OH is 1. The molecule has 0 unspecified atom stereocenters. The minimum atomic E-state index is 0.234. The van der Waals surface area contributed by atoms with Gasteiger partial charge in [0.25, 0.3) is 0 Å². The van der Waals surface area contributed by atoms with Crippen molar-refractivity contribution in [3.63, 3.8) is 0 Å². The topological polar surface area (TPSA) is 53.4 Å². The van der Waals surface area contributed by atoms with Gasteiger partial charge in [-0.2, -0.15) is 0 Å². The lowest BCUT2D eigenvalue weighted by Crippen LogP contribution is -2.21. The second kappa shape index (κ2) is 7.01. The normalized spacial score (nSPS) is 10.7. The zero-order valence-electron chi connectivity index (χ0n) is 11.7. The number of aldehydes is 1. The van der Waals surface area contributed by atoms with E-state index in [9.17, 15) is 4.79 Å². The SMILES string of the molecule is CN(CCCCCO)c1nc2ccccc2cc1C=O. The van der Waals surface area contributed by atoms with E-state index in [1.165, 1.54) is 0 Å². The van der Waals surface area contributed by atoms with Crippen LogP contribution in [0.2, 0.25) is 0 Å². The van der Waals surface area contributed by atoms with Gasteiger partial charge in [-0.1, -0.05) is 18.2 Å². The molecule has 0 bridgehead atoms. The highest BCUT2D eigenvalue weighted by atomic mass is 16.2. The van der Waals surface area contributed by atoms with Crippen molar-refractivity contribution >= 4 is 23.0 Å². The maximum Gasteiger partial charge on any atom is 0.153 e. The van der Waals surface area contributed by atoms with Gasteiger partial charge in [0, 0.05) is 25.6 Å². The minimum absolute atomic E-state index is 0.234. The van der Waals surface area contributed by atoms with Crippen molar-refractivity contribution < 1.29 is 9.90 Å². The van der Waals surface area contributed by atoms with Crippen LogP contribution >= 0.6 is 0 Å². The second-order valence-corrected chi connectivity index (χ2v) is 4.92. The second-order valence-electron chi connectivity index (χ2n) is 4.92.